The SMILES string of the molecule is CCC(c1cnc(CO)n1C)S(=O)(=O)O. The normalized spacial score (nSPS) is 14.1. The molecule has 86 valence electrons. The molecule has 1 rings (SSSR count). The van der Waals surface area contributed by atoms with Crippen LogP contribution >= 0.6 is 0 Å². The van der Waals surface area contributed by atoms with E-state index in [1.165, 1.54) is 10.8 Å². The number of aliphatic hydroxyl groups is 1. The van der Waals surface area contributed by atoms with Gasteiger partial charge in [0.1, 0.15) is 17.7 Å². The quantitative estimate of drug-likeness (QED) is 0.728. The molecular weight excluding hydrogens is 220 g/mol. The Bertz CT molecular complexity index is 437. The summed E-state index contributed by atoms with van der Waals surface area (Å²) in [6, 6.07) is 0. The number of imidazole rings is 1. The van der Waals surface area contributed by atoms with E-state index in [1.807, 2.05) is 0 Å². The first-order valence-electron chi connectivity index (χ1n) is 4.49. The first kappa shape index (κ1) is 12.2. The van der Waals surface area contributed by atoms with Crippen molar-refractivity contribution in [2.45, 2.75) is 25.2 Å². The largest absolute Gasteiger partial charge is 0.388 e. The monoisotopic (exact) mass is 234 g/mol. The van der Waals surface area contributed by atoms with Crippen LogP contribution < -0.4 is 0 Å². The third-order valence-corrected chi connectivity index (χ3v) is 3.62. The smallest absolute Gasteiger partial charge is 0.273 e. The highest BCUT2D eigenvalue weighted by molar-refractivity contribution is 7.86. The molecule has 0 spiro atoms. The highest BCUT2D eigenvalue weighted by atomic mass is 32.2. The molecule has 1 atom stereocenters. The van der Waals surface area contributed by atoms with Gasteiger partial charge >= 0.3 is 0 Å². The van der Waals surface area contributed by atoms with E-state index in [0.717, 1.165) is 0 Å². The van der Waals surface area contributed by atoms with E-state index in [-0.39, 0.29) is 13.0 Å². The van der Waals surface area contributed by atoms with Gasteiger partial charge in [-0.05, 0) is 6.42 Å². The number of nitrogens with zero attached hydrogens (tertiary/aromatic N) is 2. The van der Waals surface area contributed by atoms with Gasteiger partial charge in [0.2, 0.25) is 0 Å². The summed E-state index contributed by atoms with van der Waals surface area (Å²) >= 11 is 0. The summed E-state index contributed by atoms with van der Waals surface area (Å²) in [6.45, 7) is 1.39. The second kappa shape index (κ2) is 4.30. The topological polar surface area (TPSA) is 92.4 Å². The molecule has 0 fully saturated rings. The van der Waals surface area contributed by atoms with Gasteiger partial charge in [0.25, 0.3) is 10.1 Å². The standard InChI is InChI=1S/C8H14N2O4S/c1-3-7(15(12,13)14)6-4-9-8(5-11)10(6)2/h4,7,11H,3,5H2,1-2H3,(H,12,13,14). The number of aliphatic hydroxyl groups excluding tert-OH is 1. The van der Waals surface area contributed by atoms with Gasteiger partial charge in [0.15, 0.2) is 0 Å². The number of hydrogen-bond donors (Lipinski definition) is 2. The van der Waals surface area contributed by atoms with E-state index in [2.05, 4.69) is 4.98 Å². The molecule has 15 heavy (non-hydrogen) atoms. The van der Waals surface area contributed by atoms with E-state index in [1.54, 1.807) is 14.0 Å². The van der Waals surface area contributed by atoms with Crippen molar-refractivity contribution in [3.63, 3.8) is 0 Å². The molecule has 0 aliphatic carbocycles. The van der Waals surface area contributed by atoms with Crippen LogP contribution in [0.1, 0.15) is 30.1 Å². The summed E-state index contributed by atoms with van der Waals surface area (Å²) in [7, 11) is -2.53. The molecule has 1 aromatic heterocycles. The maximum atomic E-state index is 11.1. The Balaban J connectivity index is 3.20. The fourth-order valence-electron chi connectivity index (χ4n) is 1.48. The predicted molar refractivity (Wildman–Crippen MR) is 53.7 cm³/mol. The fraction of sp³-hybridized carbons (Fsp3) is 0.625. The van der Waals surface area contributed by atoms with E-state index in [0.29, 0.717) is 11.5 Å². The van der Waals surface area contributed by atoms with Crippen LogP contribution in [0.4, 0.5) is 0 Å². The molecule has 0 radical (unpaired) electrons. The summed E-state index contributed by atoms with van der Waals surface area (Å²) < 4.78 is 32.6. The maximum absolute atomic E-state index is 11.1. The zero-order valence-electron chi connectivity index (χ0n) is 8.58. The predicted octanol–water partition coefficient (Wildman–Crippen LogP) is 0.251. The van der Waals surface area contributed by atoms with Crippen molar-refractivity contribution in [3.05, 3.63) is 17.7 Å². The van der Waals surface area contributed by atoms with Crippen molar-refractivity contribution in [1.82, 2.24) is 9.55 Å². The van der Waals surface area contributed by atoms with Gasteiger partial charge in [-0.15, -0.1) is 0 Å². The van der Waals surface area contributed by atoms with Crippen LogP contribution in [0.5, 0.6) is 0 Å². The zero-order chi connectivity index (χ0) is 11.6. The van der Waals surface area contributed by atoms with Crippen molar-refractivity contribution >= 4 is 10.1 Å². The lowest BCUT2D eigenvalue weighted by Crippen LogP contribution is -2.15. The van der Waals surface area contributed by atoms with Gasteiger partial charge in [-0.3, -0.25) is 4.55 Å². The molecule has 7 heteroatoms. The highest BCUT2D eigenvalue weighted by Crippen LogP contribution is 2.24. The second-order valence-electron chi connectivity index (χ2n) is 3.23. The molecule has 0 aromatic carbocycles. The van der Waals surface area contributed by atoms with E-state index < -0.39 is 15.4 Å². The third-order valence-electron chi connectivity index (χ3n) is 2.32. The fourth-order valence-corrected chi connectivity index (χ4v) is 2.43. The van der Waals surface area contributed by atoms with E-state index in [9.17, 15) is 8.42 Å². The lowest BCUT2D eigenvalue weighted by atomic mass is 10.2. The Kier molecular flexibility index (Phi) is 3.48. The van der Waals surface area contributed by atoms with Gasteiger partial charge in [0.05, 0.1) is 5.69 Å². The van der Waals surface area contributed by atoms with Crippen LogP contribution in [0.2, 0.25) is 0 Å². The Morgan fingerprint density at radius 2 is 2.20 bits per heavy atom. The van der Waals surface area contributed by atoms with Crippen LogP contribution in [0.3, 0.4) is 0 Å². The molecule has 0 aliphatic heterocycles. The summed E-state index contributed by atoms with van der Waals surface area (Å²) in [4.78, 5) is 3.85. The molecular formula is C8H14N2O4S. The van der Waals surface area contributed by atoms with Gasteiger partial charge in [-0.25, -0.2) is 4.98 Å². The van der Waals surface area contributed by atoms with Crippen LogP contribution in [0.25, 0.3) is 0 Å². The minimum atomic E-state index is -4.13. The summed E-state index contributed by atoms with van der Waals surface area (Å²) in [6.07, 6.45) is 1.61. The minimum Gasteiger partial charge on any atom is -0.388 e. The van der Waals surface area contributed by atoms with Crippen molar-refractivity contribution in [1.29, 1.82) is 0 Å². The Labute approximate surface area is 88.3 Å². The maximum Gasteiger partial charge on any atom is 0.273 e. The lowest BCUT2D eigenvalue weighted by molar-refractivity contribution is 0.267. The Hall–Kier alpha value is -0.920. The van der Waals surface area contributed by atoms with Crippen molar-refractivity contribution < 1.29 is 18.1 Å². The van der Waals surface area contributed by atoms with E-state index in [4.69, 9.17) is 9.66 Å². The van der Waals surface area contributed by atoms with Crippen LogP contribution in [0, 0.1) is 0 Å². The van der Waals surface area contributed by atoms with Gasteiger partial charge in [0, 0.05) is 13.2 Å². The Morgan fingerprint density at radius 3 is 2.53 bits per heavy atom. The van der Waals surface area contributed by atoms with Gasteiger partial charge in [-0.2, -0.15) is 8.42 Å². The average molecular weight is 234 g/mol. The van der Waals surface area contributed by atoms with Gasteiger partial charge < -0.3 is 9.67 Å². The molecule has 1 heterocycles. The number of rotatable bonds is 4. The molecule has 1 aromatic rings. The molecule has 0 amide bonds. The molecule has 2 N–H and O–H groups in total. The molecule has 0 aliphatic rings. The van der Waals surface area contributed by atoms with Crippen LogP contribution in [-0.4, -0.2) is 27.6 Å². The van der Waals surface area contributed by atoms with E-state index >= 15 is 0 Å². The number of aromatic nitrogens is 2. The molecule has 6 nitrogen and oxygen atoms in total. The van der Waals surface area contributed by atoms with Crippen molar-refractivity contribution in [2.75, 3.05) is 0 Å². The van der Waals surface area contributed by atoms with Gasteiger partial charge in [-0.1, -0.05) is 6.92 Å². The number of hydrogen-bond acceptors (Lipinski definition) is 4. The summed E-state index contributed by atoms with van der Waals surface area (Å²) in [5.41, 5.74) is 0.379. The van der Waals surface area contributed by atoms with Crippen LogP contribution in [0.15, 0.2) is 6.20 Å². The van der Waals surface area contributed by atoms with Crippen molar-refractivity contribution in [3.8, 4) is 0 Å². The van der Waals surface area contributed by atoms with Crippen molar-refractivity contribution in [2.24, 2.45) is 7.05 Å². The first-order valence-corrected chi connectivity index (χ1v) is 5.99. The average Bonchev–Trinajstić information content (AvgIpc) is 2.47. The molecule has 0 saturated heterocycles. The molecule has 0 saturated carbocycles. The Morgan fingerprint density at radius 1 is 1.60 bits per heavy atom. The summed E-state index contributed by atoms with van der Waals surface area (Å²) in [5.74, 6) is 0.368. The highest BCUT2D eigenvalue weighted by Gasteiger charge is 2.26. The van der Waals surface area contributed by atoms with Crippen LogP contribution in [-0.2, 0) is 23.8 Å². The third kappa shape index (κ3) is 2.36. The molecule has 0 bridgehead atoms. The molecule has 1 unspecified atom stereocenters. The summed E-state index contributed by atoms with van der Waals surface area (Å²) in [5, 5.41) is 7.90. The zero-order valence-corrected chi connectivity index (χ0v) is 9.40. The minimum absolute atomic E-state index is 0.253. The first-order chi connectivity index (χ1) is 6.91. The second-order valence-corrected chi connectivity index (χ2v) is 4.83. The lowest BCUT2D eigenvalue weighted by Gasteiger charge is -2.12.